The van der Waals surface area contributed by atoms with Crippen LogP contribution in [0.2, 0.25) is 13.1 Å². The molecule has 0 saturated heterocycles. The number of unbranched alkanes of at least 4 members (excludes halogenated alkanes) is 1. The van der Waals surface area contributed by atoms with Crippen LogP contribution in [0.3, 0.4) is 0 Å². The molecule has 0 saturated carbocycles. The van der Waals surface area contributed by atoms with Crippen LogP contribution in [0.4, 0.5) is 0 Å². The molecule has 1 N–H and O–H groups in total. The Balaban J connectivity index is 2.48. The van der Waals surface area contributed by atoms with Crippen LogP contribution in [0, 0.1) is 0 Å². The van der Waals surface area contributed by atoms with Crippen molar-refractivity contribution in [3.63, 3.8) is 0 Å². The molecule has 0 aliphatic heterocycles. The second-order valence-electron chi connectivity index (χ2n) is 4.92. The minimum absolute atomic E-state index is 0.297. The highest BCUT2D eigenvalue weighted by atomic mass is 28.3. The molecule has 0 fully saturated rings. The average molecular weight is 234 g/mol. The zero-order chi connectivity index (χ0) is 11.9. The number of rotatable bonds is 6. The Labute approximate surface area is 99.8 Å². The van der Waals surface area contributed by atoms with E-state index in [1.807, 2.05) is 0 Å². The summed E-state index contributed by atoms with van der Waals surface area (Å²) in [5, 5.41) is 8.71. The number of hydrogen-bond donors (Lipinski definition) is 1. The summed E-state index contributed by atoms with van der Waals surface area (Å²) in [7, 11) is -1.26. The molecule has 0 bridgehead atoms. The zero-order valence-corrected chi connectivity index (χ0v) is 11.3. The number of aliphatic hydroxyl groups excluding tert-OH is 1. The van der Waals surface area contributed by atoms with Crippen molar-refractivity contribution >= 4 is 8.07 Å². The van der Waals surface area contributed by atoms with Crippen molar-refractivity contribution < 1.29 is 5.11 Å². The van der Waals surface area contributed by atoms with E-state index in [0.29, 0.717) is 6.61 Å². The summed E-state index contributed by atoms with van der Waals surface area (Å²) in [4.78, 5) is 0. The maximum atomic E-state index is 8.71. The summed E-state index contributed by atoms with van der Waals surface area (Å²) in [6, 6.07) is 11.9. The second-order valence-corrected chi connectivity index (χ2v) is 9.58. The van der Waals surface area contributed by atoms with Gasteiger partial charge < -0.3 is 5.11 Å². The van der Waals surface area contributed by atoms with Gasteiger partial charge in [-0.25, -0.2) is 0 Å². The van der Waals surface area contributed by atoms with Gasteiger partial charge in [-0.05, 0) is 18.9 Å². The van der Waals surface area contributed by atoms with Crippen LogP contribution >= 0.6 is 0 Å². The topological polar surface area (TPSA) is 20.2 Å². The van der Waals surface area contributed by atoms with Gasteiger partial charge in [-0.3, -0.25) is 0 Å². The molecule has 1 aromatic carbocycles. The van der Waals surface area contributed by atoms with Crippen LogP contribution in [0.15, 0.2) is 42.1 Å². The highest BCUT2D eigenvalue weighted by molar-refractivity contribution is 6.81. The van der Waals surface area contributed by atoms with E-state index in [-0.39, 0.29) is 0 Å². The van der Waals surface area contributed by atoms with Gasteiger partial charge in [0.1, 0.15) is 0 Å². The van der Waals surface area contributed by atoms with Crippen LogP contribution in [-0.2, 0) is 6.04 Å². The Kier molecular flexibility index (Phi) is 5.50. The van der Waals surface area contributed by atoms with Crippen molar-refractivity contribution in [2.75, 3.05) is 6.61 Å². The quantitative estimate of drug-likeness (QED) is 0.591. The van der Waals surface area contributed by atoms with Gasteiger partial charge in [-0.15, -0.1) is 0 Å². The first-order chi connectivity index (χ1) is 7.64. The van der Waals surface area contributed by atoms with Gasteiger partial charge in [-0.2, -0.15) is 0 Å². The standard InChI is InChI=1S/C14H22OSi/c1-16(2,12-8-4-7-11-15)13-14-9-5-3-6-10-14/h3,5-6,8-10,12,15H,4,7,11,13H2,1-2H3/b12-8-. The van der Waals surface area contributed by atoms with Crippen LogP contribution in [0.25, 0.3) is 0 Å². The number of hydrogen-bond acceptors (Lipinski definition) is 1. The van der Waals surface area contributed by atoms with Gasteiger partial charge >= 0.3 is 0 Å². The second kappa shape index (κ2) is 6.66. The van der Waals surface area contributed by atoms with E-state index in [9.17, 15) is 0 Å². The number of benzene rings is 1. The molecule has 0 radical (unpaired) electrons. The van der Waals surface area contributed by atoms with Gasteiger partial charge in [0.05, 0.1) is 8.07 Å². The van der Waals surface area contributed by atoms with Crippen LogP contribution in [0.5, 0.6) is 0 Å². The average Bonchev–Trinajstić information content (AvgIpc) is 2.25. The summed E-state index contributed by atoms with van der Waals surface area (Å²) >= 11 is 0. The molecule has 0 aliphatic rings. The van der Waals surface area contributed by atoms with Crippen molar-refractivity contribution in [3.05, 3.63) is 47.7 Å². The van der Waals surface area contributed by atoms with E-state index in [2.05, 4.69) is 55.2 Å². The Morgan fingerprint density at radius 3 is 2.50 bits per heavy atom. The molecule has 16 heavy (non-hydrogen) atoms. The lowest BCUT2D eigenvalue weighted by molar-refractivity contribution is 0.289. The lowest BCUT2D eigenvalue weighted by Gasteiger charge is -2.17. The Hall–Kier alpha value is -0.863. The SMILES string of the molecule is C[Si](C)(/C=C\CCCO)Cc1ccccc1. The van der Waals surface area contributed by atoms with E-state index in [1.54, 1.807) is 0 Å². The minimum atomic E-state index is -1.26. The third-order valence-corrected chi connectivity index (χ3v) is 5.06. The van der Waals surface area contributed by atoms with Gasteiger partial charge in [0.15, 0.2) is 0 Å². The molecule has 0 aromatic heterocycles. The van der Waals surface area contributed by atoms with E-state index in [4.69, 9.17) is 5.11 Å². The molecule has 1 aromatic rings. The highest BCUT2D eigenvalue weighted by Crippen LogP contribution is 2.13. The Morgan fingerprint density at radius 2 is 1.88 bits per heavy atom. The fourth-order valence-corrected chi connectivity index (χ4v) is 4.00. The Bertz CT molecular complexity index is 317. The first-order valence-corrected chi connectivity index (χ1v) is 9.25. The van der Waals surface area contributed by atoms with Crippen molar-refractivity contribution in [1.29, 1.82) is 0 Å². The van der Waals surface area contributed by atoms with Gasteiger partial charge in [0.25, 0.3) is 0 Å². The Morgan fingerprint density at radius 1 is 1.19 bits per heavy atom. The molecule has 0 atom stereocenters. The fourth-order valence-electron chi connectivity index (χ4n) is 1.79. The maximum Gasteiger partial charge on any atom is 0.0756 e. The van der Waals surface area contributed by atoms with E-state index < -0.39 is 8.07 Å². The molecule has 0 spiro atoms. The summed E-state index contributed by atoms with van der Waals surface area (Å²) in [5.74, 6) is 0. The molecule has 1 nitrogen and oxygen atoms in total. The highest BCUT2D eigenvalue weighted by Gasteiger charge is 2.16. The summed E-state index contributed by atoms with van der Waals surface area (Å²) < 4.78 is 0. The number of aliphatic hydroxyl groups is 1. The lowest BCUT2D eigenvalue weighted by Crippen LogP contribution is -2.26. The van der Waals surface area contributed by atoms with E-state index >= 15 is 0 Å². The first kappa shape index (κ1) is 13.2. The van der Waals surface area contributed by atoms with Gasteiger partial charge in [0.2, 0.25) is 0 Å². The van der Waals surface area contributed by atoms with Crippen LogP contribution < -0.4 is 0 Å². The first-order valence-electron chi connectivity index (χ1n) is 5.96. The monoisotopic (exact) mass is 234 g/mol. The smallest absolute Gasteiger partial charge is 0.0756 e. The molecule has 88 valence electrons. The van der Waals surface area contributed by atoms with E-state index in [0.717, 1.165) is 12.8 Å². The van der Waals surface area contributed by atoms with Crippen molar-refractivity contribution in [2.45, 2.75) is 32.0 Å². The summed E-state index contributed by atoms with van der Waals surface area (Å²) in [6.07, 6.45) is 4.12. The molecule has 0 amide bonds. The normalized spacial score (nSPS) is 12.2. The predicted octanol–water partition coefficient (Wildman–Crippen LogP) is 3.34. The van der Waals surface area contributed by atoms with Crippen molar-refractivity contribution in [1.82, 2.24) is 0 Å². The number of allylic oxidation sites excluding steroid dienone is 1. The molecule has 2 heteroatoms. The van der Waals surface area contributed by atoms with Crippen LogP contribution in [0.1, 0.15) is 18.4 Å². The molecular formula is C14H22OSi. The van der Waals surface area contributed by atoms with Gasteiger partial charge in [-0.1, -0.05) is 60.8 Å². The zero-order valence-electron chi connectivity index (χ0n) is 10.3. The molecular weight excluding hydrogens is 212 g/mol. The van der Waals surface area contributed by atoms with Crippen molar-refractivity contribution in [2.24, 2.45) is 0 Å². The lowest BCUT2D eigenvalue weighted by atomic mass is 10.2. The molecule has 0 aliphatic carbocycles. The fraction of sp³-hybridized carbons (Fsp3) is 0.429. The largest absolute Gasteiger partial charge is 0.396 e. The molecule has 1 rings (SSSR count). The summed E-state index contributed by atoms with van der Waals surface area (Å²) in [5.41, 5.74) is 3.83. The molecule has 0 unspecified atom stereocenters. The third-order valence-electron chi connectivity index (χ3n) is 2.60. The third kappa shape index (κ3) is 5.28. The van der Waals surface area contributed by atoms with Crippen LogP contribution in [-0.4, -0.2) is 19.8 Å². The maximum absolute atomic E-state index is 8.71. The van der Waals surface area contributed by atoms with Crippen molar-refractivity contribution in [3.8, 4) is 0 Å². The minimum Gasteiger partial charge on any atom is -0.396 e. The predicted molar refractivity (Wildman–Crippen MR) is 73.1 cm³/mol. The van der Waals surface area contributed by atoms with E-state index in [1.165, 1.54) is 11.6 Å². The summed E-state index contributed by atoms with van der Waals surface area (Å²) in [6.45, 7) is 5.07. The molecule has 0 heterocycles. The van der Waals surface area contributed by atoms with Gasteiger partial charge in [0, 0.05) is 6.61 Å².